The first-order valence-electron chi connectivity index (χ1n) is 6.04. The first-order chi connectivity index (χ1) is 9.89. The molecular weight excluding hydrogens is 320 g/mol. The van der Waals surface area contributed by atoms with Crippen molar-refractivity contribution in [3.8, 4) is 0 Å². The van der Waals surface area contributed by atoms with Crippen LogP contribution >= 0.6 is 0 Å². The molecule has 0 rings (SSSR count). The molecule has 0 heterocycles. The fourth-order valence-electron chi connectivity index (χ4n) is 0.619. The van der Waals surface area contributed by atoms with E-state index in [-0.39, 0.29) is 34.2 Å². The van der Waals surface area contributed by atoms with E-state index in [2.05, 4.69) is 22.6 Å². The second-order valence-electron chi connectivity index (χ2n) is 4.29. The maximum absolute atomic E-state index is 10.6. The van der Waals surface area contributed by atoms with Gasteiger partial charge in [-0.25, -0.2) is 9.59 Å². The van der Waals surface area contributed by atoms with E-state index in [1.54, 1.807) is 0 Å². The third-order valence-corrected chi connectivity index (χ3v) is 1.93. The van der Waals surface area contributed by atoms with Gasteiger partial charge in [0, 0.05) is 11.1 Å². The van der Waals surface area contributed by atoms with Crippen molar-refractivity contribution in [2.24, 2.45) is 0 Å². The molecule has 2 atom stereocenters. The topological polar surface area (TPSA) is 133 Å². The number of aliphatic carboxylic acids is 2. The normalized spacial score (nSPS) is 11.3. The molecule has 0 amide bonds. The van der Waals surface area contributed by atoms with E-state index in [0.29, 0.717) is 0 Å². The fraction of sp³-hybridized carbons (Fsp3) is 0.429. The van der Waals surface area contributed by atoms with Crippen LogP contribution in [0.5, 0.6) is 0 Å². The van der Waals surface area contributed by atoms with E-state index in [1.807, 2.05) is 0 Å². The van der Waals surface area contributed by atoms with Gasteiger partial charge in [0.1, 0.15) is 12.2 Å². The van der Waals surface area contributed by atoms with Crippen molar-refractivity contribution < 1.29 is 38.9 Å². The second-order valence-corrected chi connectivity index (χ2v) is 4.29. The number of carbonyl (C=O) groups excluding carboxylic acids is 4. The fourth-order valence-corrected chi connectivity index (χ4v) is 0.619. The Morgan fingerprint density at radius 2 is 1.00 bits per heavy atom. The van der Waals surface area contributed by atoms with E-state index in [0.717, 1.165) is 0 Å². The van der Waals surface area contributed by atoms with Gasteiger partial charge in [0.2, 0.25) is 0 Å². The molecule has 0 aliphatic heterocycles. The number of ether oxygens (including phenoxy) is 2. The SMILES string of the molecule is C=C(C)C(=O)OC(C)C(=O)[O-].C=C(C)C(=O)OC(C)C(=O)[O-].[Mg+2]. The van der Waals surface area contributed by atoms with Crippen LogP contribution in [0.4, 0.5) is 0 Å². The van der Waals surface area contributed by atoms with Gasteiger partial charge >= 0.3 is 35.0 Å². The molecule has 0 bridgehead atoms. The van der Waals surface area contributed by atoms with Crippen LogP contribution in [0.25, 0.3) is 0 Å². The zero-order valence-corrected chi connectivity index (χ0v) is 15.0. The minimum Gasteiger partial charge on any atom is -0.546 e. The van der Waals surface area contributed by atoms with Crippen molar-refractivity contribution in [2.75, 3.05) is 0 Å². The number of carboxylic acids is 2. The predicted molar refractivity (Wildman–Crippen MR) is 76.5 cm³/mol. The Labute approximate surface area is 150 Å². The minimum atomic E-state index is -1.42. The summed E-state index contributed by atoms with van der Waals surface area (Å²) < 4.78 is 8.75. The van der Waals surface area contributed by atoms with Gasteiger partial charge in [-0.3, -0.25) is 0 Å². The van der Waals surface area contributed by atoms with Gasteiger partial charge < -0.3 is 29.3 Å². The second kappa shape index (κ2) is 12.6. The van der Waals surface area contributed by atoms with Crippen LogP contribution in [0.1, 0.15) is 27.7 Å². The molecule has 0 aromatic heterocycles. The summed E-state index contributed by atoms with van der Waals surface area (Å²) in [6.45, 7) is 11.9. The molecule has 0 saturated heterocycles. The minimum absolute atomic E-state index is 0. The maximum atomic E-state index is 10.6. The molecule has 124 valence electrons. The van der Waals surface area contributed by atoms with Crippen molar-refractivity contribution >= 4 is 46.9 Å². The van der Waals surface area contributed by atoms with Gasteiger partial charge in [0.05, 0.1) is 11.9 Å². The van der Waals surface area contributed by atoms with Crippen molar-refractivity contribution in [3.05, 3.63) is 24.3 Å². The van der Waals surface area contributed by atoms with Crippen LogP contribution in [0, 0.1) is 0 Å². The predicted octanol–water partition coefficient (Wildman–Crippen LogP) is -1.89. The summed E-state index contributed by atoms with van der Waals surface area (Å²) in [6.07, 6.45) is -2.45. The number of carboxylic acid groups (broad SMARTS) is 2. The van der Waals surface area contributed by atoms with Gasteiger partial charge in [-0.05, 0) is 27.7 Å². The van der Waals surface area contributed by atoms with Gasteiger partial charge in [0.15, 0.2) is 0 Å². The Hall–Kier alpha value is -1.87. The van der Waals surface area contributed by atoms with Crippen LogP contribution < -0.4 is 10.2 Å². The Balaban J connectivity index is -0.000000333. The van der Waals surface area contributed by atoms with E-state index in [9.17, 15) is 29.4 Å². The zero-order chi connectivity index (χ0) is 18.0. The average Bonchev–Trinajstić information content (AvgIpc) is 2.38. The summed E-state index contributed by atoms with van der Waals surface area (Å²) in [6, 6.07) is 0. The molecule has 0 radical (unpaired) electrons. The smallest absolute Gasteiger partial charge is 0.546 e. The molecule has 0 saturated carbocycles. The van der Waals surface area contributed by atoms with E-state index in [4.69, 9.17) is 0 Å². The summed E-state index contributed by atoms with van der Waals surface area (Å²) in [5.74, 6) is -4.28. The summed E-state index contributed by atoms with van der Waals surface area (Å²) in [5.41, 5.74) is 0.330. The largest absolute Gasteiger partial charge is 2.00 e. The first-order valence-corrected chi connectivity index (χ1v) is 6.04. The van der Waals surface area contributed by atoms with Crippen LogP contribution in [0.15, 0.2) is 24.3 Å². The van der Waals surface area contributed by atoms with Gasteiger partial charge in [-0.15, -0.1) is 0 Å². The Morgan fingerprint density at radius 1 is 0.783 bits per heavy atom. The van der Waals surface area contributed by atoms with E-state index in [1.165, 1.54) is 27.7 Å². The molecule has 0 aromatic carbocycles. The number of rotatable bonds is 6. The van der Waals surface area contributed by atoms with E-state index >= 15 is 0 Å². The molecule has 0 aromatic rings. The molecule has 0 spiro atoms. The standard InChI is InChI=1S/2C7H10O4.Mg/c2*1-4(2)7(10)11-5(3)6(8)9;/h2*5H,1H2,2-3H3,(H,8,9);/q;;+2/p-2. The van der Waals surface area contributed by atoms with Crippen molar-refractivity contribution in [2.45, 2.75) is 39.9 Å². The van der Waals surface area contributed by atoms with Gasteiger partial charge in [0.25, 0.3) is 0 Å². The third kappa shape index (κ3) is 13.5. The van der Waals surface area contributed by atoms with Crippen molar-refractivity contribution in [1.29, 1.82) is 0 Å². The van der Waals surface area contributed by atoms with Crippen molar-refractivity contribution in [1.82, 2.24) is 0 Å². The molecule has 2 unspecified atom stereocenters. The van der Waals surface area contributed by atoms with Gasteiger partial charge in [-0.1, -0.05) is 13.2 Å². The molecule has 8 nitrogen and oxygen atoms in total. The molecule has 0 aliphatic carbocycles. The van der Waals surface area contributed by atoms with Crippen LogP contribution in [0.3, 0.4) is 0 Å². The molecule has 9 heteroatoms. The molecule has 0 fully saturated rings. The number of esters is 2. The average molecular weight is 339 g/mol. The van der Waals surface area contributed by atoms with Crippen molar-refractivity contribution in [3.63, 3.8) is 0 Å². The molecule has 0 aliphatic rings. The maximum Gasteiger partial charge on any atom is 2.00 e. The first kappa shape index (κ1) is 26.0. The molecule has 0 N–H and O–H groups in total. The third-order valence-electron chi connectivity index (χ3n) is 1.93. The Bertz CT molecular complexity index is 439. The number of carbonyl (C=O) groups is 4. The molecule has 23 heavy (non-hydrogen) atoms. The van der Waals surface area contributed by atoms with Crippen LogP contribution in [0.2, 0.25) is 0 Å². The quantitative estimate of drug-likeness (QED) is 0.312. The summed E-state index contributed by atoms with van der Waals surface area (Å²) in [4.78, 5) is 41.4. The summed E-state index contributed by atoms with van der Waals surface area (Å²) in [5, 5.41) is 20.1. The van der Waals surface area contributed by atoms with Crippen LogP contribution in [-0.2, 0) is 28.7 Å². The Kier molecular flexibility index (Phi) is 14.3. The number of hydrogen-bond donors (Lipinski definition) is 0. The van der Waals surface area contributed by atoms with Crippen LogP contribution in [-0.4, -0.2) is 59.1 Å². The Morgan fingerprint density at radius 3 is 1.13 bits per heavy atom. The number of hydrogen-bond acceptors (Lipinski definition) is 8. The summed E-state index contributed by atoms with van der Waals surface area (Å²) in [7, 11) is 0. The van der Waals surface area contributed by atoms with E-state index < -0.39 is 36.1 Å². The monoisotopic (exact) mass is 338 g/mol. The zero-order valence-electron chi connectivity index (χ0n) is 13.5. The summed E-state index contributed by atoms with van der Waals surface area (Å²) >= 11 is 0. The van der Waals surface area contributed by atoms with Gasteiger partial charge in [-0.2, -0.15) is 0 Å². The molecular formula is C14H18MgO8.